The zero-order chi connectivity index (χ0) is 13.7. The molecule has 0 bridgehead atoms. The number of rotatable bonds is 5. The van der Waals surface area contributed by atoms with E-state index in [2.05, 4.69) is 0 Å². The molecule has 0 radical (unpaired) electrons. The number of hydrogen-bond donors (Lipinski definition) is 1. The first kappa shape index (κ1) is 14.1. The summed E-state index contributed by atoms with van der Waals surface area (Å²) >= 11 is 6.02. The third kappa shape index (κ3) is 3.57. The van der Waals surface area contributed by atoms with Gasteiger partial charge < -0.3 is 10.5 Å². The van der Waals surface area contributed by atoms with Gasteiger partial charge >= 0.3 is 0 Å². The van der Waals surface area contributed by atoms with Crippen LogP contribution in [0.25, 0.3) is 0 Å². The molecule has 2 aromatic carbocycles. The molecule has 0 saturated carbocycles. The molecular formula is C16H18ClNO. The standard InChI is InChI=1S/C16H18ClNO/c1-2-19-16(12-7-4-3-5-8-12)15(18)13-9-6-10-14(17)11-13/h3-11,15-16H,2,18H2,1H3. The molecule has 0 amide bonds. The van der Waals surface area contributed by atoms with Gasteiger partial charge in [0.25, 0.3) is 0 Å². The average Bonchev–Trinajstić information content (AvgIpc) is 2.45. The van der Waals surface area contributed by atoms with Crippen molar-refractivity contribution in [1.29, 1.82) is 0 Å². The Bertz CT molecular complexity index is 515. The largest absolute Gasteiger partial charge is 0.372 e. The molecule has 0 spiro atoms. The minimum atomic E-state index is -0.235. The van der Waals surface area contributed by atoms with E-state index < -0.39 is 0 Å². The van der Waals surface area contributed by atoms with E-state index in [-0.39, 0.29) is 12.1 Å². The lowest BCUT2D eigenvalue weighted by molar-refractivity contribution is 0.0429. The Labute approximate surface area is 119 Å². The van der Waals surface area contributed by atoms with Crippen LogP contribution in [-0.2, 0) is 4.74 Å². The van der Waals surface area contributed by atoms with Crippen LogP contribution in [0.2, 0.25) is 5.02 Å². The van der Waals surface area contributed by atoms with Gasteiger partial charge in [-0.3, -0.25) is 0 Å². The Morgan fingerprint density at radius 3 is 2.37 bits per heavy atom. The molecule has 0 aliphatic heterocycles. The van der Waals surface area contributed by atoms with Crippen LogP contribution in [0.1, 0.15) is 30.2 Å². The van der Waals surface area contributed by atoms with E-state index in [1.54, 1.807) is 0 Å². The van der Waals surface area contributed by atoms with Crippen LogP contribution >= 0.6 is 11.6 Å². The summed E-state index contributed by atoms with van der Waals surface area (Å²) in [7, 11) is 0. The lowest BCUT2D eigenvalue weighted by atomic mass is 9.96. The lowest BCUT2D eigenvalue weighted by Gasteiger charge is -2.24. The van der Waals surface area contributed by atoms with Gasteiger partial charge in [-0.2, -0.15) is 0 Å². The summed E-state index contributed by atoms with van der Waals surface area (Å²) < 4.78 is 5.82. The van der Waals surface area contributed by atoms with Crippen molar-refractivity contribution in [3.63, 3.8) is 0 Å². The summed E-state index contributed by atoms with van der Waals surface area (Å²) in [6.45, 7) is 2.59. The molecule has 0 aromatic heterocycles. The number of ether oxygens (including phenoxy) is 1. The van der Waals surface area contributed by atoms with Gasteiger partial charge in [0.15, 0.2) is 0 Å². The second-order valence-electron chi connectivity index (χ2n) is 4.37. The predicted octanol–water partition coefficient (Wildman–Crippen LogP) is 4.12. The summed E-state index contributed by atoms with van der Waals surface area (Å²) in [5, 5.41) is 0.691. The molecule has 2 rings (SSSR count). The fraction of sp³-hybridized carbons (Fsp3) is 0.250. The van der Waals surface area contributed by atoms with E-state index in [9.17, 15) is 0 Å². The minimum absolute atomic E-state index is 0.162. The molecule has 2 nitrogen and oxygen atoms in total. The van der Waals surface area contributed by atoms with Gasteiger partial charge in [0.2, 0.25) is 0 Å². The number of benzene rings is 2. The highest BCUT2D eigenvalue weighted by Gasteiger charge is 2.21. The van der Waals surface area contributed by atoms with Gasteiger partial charge in [-0.05, 0) is 30.2 Å². The van der Waals surface area contributed by atoms with Crippen LogP contribution in [-0.4, -0.2) is 6.61 Å². The first-order valence-electron chi connectivity index (χ1n) is 6.40. The van der Waals surface area contributed by atoms with Gasteiger partial charge in [0.1, 0.15) is 6.10 Å². The molecule has 0 heterocycles. The SMILES string of the molecule is CCOC(c1ccccc1)C(N)c1cccc(Cl)c1. The van der Waals surface area contributed by atoms with Crippen LogP contribution in [0, 0.1) is 0 Å². The van der Waals surface area contributed by atoms with E-state index in [0.717, 1.165) is 11.1 Å². The van der Waals surface area contributed by atoms with Crippen LogP contribution in [0.4, 0.5) is 0 Å². The van der Waals surface area contributed by atoms with E-state index >= 15 is 0 Å². The van der Waals surface area contributed by atoms with Gasteiger partial charge in [0, 0.05) is 11.6 Å². The number of halogens is 1. The first-order chi connectivity index (χ1) is 9.22. The van der Waals surface area contributed by atoms with E-state index in [4.69, 9.17) is 22.1 Å². The highest BCUT2D eigenvalue weighted by Crippen LogP contribution is 2.31. The van der Waals surface area contributed by atoms with Crippen LogP contribution in [0.15, 0.2) is 54.6 Å². The zero-order valence-corrected chi connectivity index (χ0v) is 11.7. The second-order valence-corrected chi connectivity index (χ2v) is 4.80. The normalized spacial score (nSPS) is 14.1. The topological polar surface area (TPSA) is 35.2 Å². The van der Waals surface area contributed by atoms with Crippen molar-refractivity contribution in [1.82, 2.24) is 0 Å². The summed E-state index contributed by atoms with van der Waals surface area (Å²) in [5.74, 6) is 0. The zero-order valence-electron chi connectivity index (χ0n) is 10.9. The highest BCUT2D eigenvalue weighted by molar-refractivity contribution is 6.30. The fourth-order valence-electron chi connectivity index (χ4n) is 2.12. The van der Waals surface area contributed by atoms with Gasteiger partial charge in [-0.25, -0.2) is 0 Å². The van der Waals surface area contributed by atoms with Crippen molar-refractivity contribution in [3.05, 3.63) is 70.7 Å². The maximum atomic E-state index is 6.34. The summed E-state index contributed by atoms with van der Waals surface area (Å²) in [5.41, 5.74) is 8.40. The molecule has 19 heavy (non-hydrogen) atoms. The van der Waals surface area contributed by atoms with Gasteiger partial charge in [-0.1, -0.05) is 54.1 Å². The van der Waals surface area contributed by atoms with Crippen LogP contribution in [0.5, 0.6) is 0 Å². The number of hydrogen-bond acceptors (Lipinski definition) is 2. The van der Waals surface area contributed by atoms with Crippen molar-refractivity contribution in [2.45, 2.75) is 19.1 Å². The predicted molar refractivity (Wildman–Crippen MR) is 79.2 cm³/mol. The van der Waals surface area contributed by atoms with Crippen molar-refractivity contribution >= 4 is 11.6 Å². The van der Waals surface area contributed by atoms with Gasteiger partial charge in [0.05, 0.1) is 6.04 Å². The number of nitrogens with two attached hydrogens (primary N) is 1. The fourth-order valence-corrected chi connectivity index (χ4v) is 2.32. The van der Waals surface area contributed by atoms with Gasteiger partial charge in [-0.15, -0.1) is 0 Å². The molecule has 2 atom stereocenters. The van der Waals surface area contributed by atoms with Crippen molar-refractivity contribution in [2.24, 2.45) is 5.73 Å². The molecule has 2 unspecified atom stereocenters. The Hall–Kier alpha value is -1.35. The van der Waals surface area contributed by atoms with Crippen molar-refractivity contribution in [3.8, 4) is 0 Å². The monoisotopic (exact) mass is 275 g/mol. The first-order valence-corrected chi connectivity index (χ1v) is 6.77. The molecule has 2 N–H and O–H groups in total. The lowest BCUT2D eigenvalue weighted by Crippen LogP contribution is -2.22. The van der Waals surface area contributed by atoms with E-state index in [0.29, 0.717) is 11.6 Å². The van der Waals surface area contributed by atoms with E-state index in [1.165, 1.54) is 0 Å². The summed E-state index contributed by atoms with van der Waals surface area (Å²) in [6.07, 6.45) is -0.162. The van der Waals surface area contributed by atoms with Crippen molar-refractivity contribution < 1.29 is 4.74 Å². The molecule has 3 heteroatoms. The maximum absolute atomic E-state index is 6.34. The van der Waals surface area contributed by atoms with E-state index in [1.807, 2.05) is 61.5 Å². The van der Waals surface area contributed by atoms with Crippen molar-refractivity contribution in [2.75, 3.05) is 6.61 Å². The molecular weight excluding hydrogens is 258 g/mol. The molecule has 0 fully saturated rings. The Morgan fingerprint density at radius 1 is 1.05 bits per heavy atom. The average molecular weight is 276 g/mol. The quantitative estimate of drug-likeness (QED) is 0.891. The molecule has 0 aliphatic carbocycles. The Balaban J connectivity index is 2.29. The highest BCUT2D eigenvalue weighted by atomic mass is 35.5. The third-order valence-electron chi connectivity index (χ3n) is 3.03. The molecule has 100 valence electrons. The maximum Gasteiger partial charge on any atom is 0.102 e. The summed E-state index contributed by atoms with van der Waals surface area (Å²) in [6, 6.07) is 17.4. The molecule has 0 aliphatic rings. The summed E-state index contributed by atoms with van der Waals surface area (Å²) in [4.78, 5) is 0. The Morgan fingerprint density at radius 2 is 1.74 bits per heavy atom. The molecule has 2 aromatic rings. The smallest absolute Gasteiger partial charge is 0.102 e. The second kappa shape index (κ2) is 6.71. The minimum Gasteiger partial charge on any atom is -0.372 e. The van der Waals surface area contributed by atoms with Crippen LogP contribution in [0.3, 0.4) is 0 Å². The third-order valence-corrected chi connectivity index (χ3v) is 3.27. The Kier molecular flexibility index (Phi) is 4.97. The molecule has 0 saturated heterocycles. The van der Waals surface area contributed by atoms with Crippen LogP contribution < -0.4 is 5.73 Å².